The van der Waals surface area contributed by atoms with E-state index in [9.17, 15) is 4.79 Å². The predicted octanol–water partition coefficient (Wildman–Crippen LogP) is 4.65. The van der Waals surface area contributed by atoms with Gasteiger partial charge in [-0.05, 0) is 35.9 Å². The minimum absolute atomic E-state index is 0.322. The molecule has 1 unspecified atom stereocenters. The lowest BCUT2D eigenvalue weighted by atomic mass is 10.0. The van der Waals surface area contributed by atoms with Crippen molar-refractivity contribution >= 4 is 23.3 Å². The van der Waals surface area contributed by atoms with Crippen LogP contribution in [0, 0.1) is 0 Å². The maximum absolute atomic E-state index is 12.4. The summed E-state index contributed by atoms with van der Waals surface area (Å²) in [6.07, 6.45) is 1.71. The molecule has 1 atom stereocenters. The molecule has 2 N–H and O–H groups in total. The molecule has 0 saturated heterocycles. The molecule has 1 aromatic heterocycles. The number of amides is 2. The summed E-state index contributed by atoms with van der Waals surface area (Å²) in [5, 5.41) is 6.32. The SMILES string of the molecule is O=C(Nc1cccc(Cl)c1)NC(c1ccccc1)c1ccccn1. The molecule has 1 heterocycles. The molecule has 3 aromatic rings. The van der Waals surface area contributed by atoms with Gasteiger partial charge >= 0.3 is 6.03 Å². The largest absolute Gasteiger partial charge is 0.325 e. The minimum atomic E-state index is -0.341. The van der Waals surface area contributed by atoms with E-state index in [-0.39, 0.29) is 12.1 Å². The number of rotatable bonds is 4. The Morgan fingerprint density at radius 2 is 1.75 bits per heavy atom. The molecule has 0 aliphatic heterocycles. The second kappa shape index (κ2) is 7.62. The normalized spacial score (nSPS) is 11.5. The van der Waals surface area contributed by atoms with Crippen molar-refractivity contribution in [2.75, 3.05) is 5.32 Å². The van der Waals surface area contributed by atoms with Gasteiger partial charge in [0, 0.05) is 16.9 Å². The van der Waals surface area contributed by atoms with E-state index in [1.165, 1.54) is 0 Å². The van der Waals surface area contributed by atoms with Crippen molar-refractivity contribution in [1.29, 1.82) is 0 Å². The second-order valence-corrected chi connectivity index (χ2v) is 5.64. The van der Waals surface area contributed by atoms with Crippen LogP contribution in [0.5, 0.6) is 0 Å². The van der Waals surface area contributed by atoms with Crippen molar-refractivity contribution in [2.45, 2.75) is 6.04 Å². The van der Waals surface area contributed by atoms with Crippen molar-refractivity contribution in [2.24, 2.45) is 0 Å². The summed E-state index contributed by atoms with van der Waals surface area (Å²) in [5.74, 6) is 0. The lowest BCUT2D eigenvalue weighted by Crippen LogP contribution is -2.33. The highest BCUT2D eigenvalue weighted by atomic mass is 35.5. The van der Waals surface area contributed by atoms with Crippen LogP contribution in [0.1, 0.15) is 17.3 Å². The third-order valence-corrected chi connectivity index (χ3v) is 3.71. The number of nitrogens with one attached hydrogen (secondary N) is 2. The van der Waals surface area contributed by atoms with E-state index in [0.717, 1.165) is 11.3 Å². The molecule has 0 aliphatic rings. The van der Waals surface area contributed by atoms with Gasteiger partial charge in [-0.15, -0.1) is 0 Å². The Bertz CT molecular complexity index is 770. The van der Waals surface area contributed by atoms with E-state index in [2.05, 4.69) is 15.6 Å². The Morgan fingerprint density at radius 1 is 0.958 bits per heavy atom. The second-order valence-electron chi connectivity index (χ2n) is 5.21. The first kappa shape index (κ1) is 16.0. The number of benzene rings is 2. The average Bonchev–Trinajstić information content (AvgIpc) is 2.61. The van der Waals surface area contributed by atoms with Crippen molar-refractivity contribution in [3.63, 3.8) is 0 Å². The topological polar surface area (TPSA) is 54.0 Å². The Morgan fingerprint density at radius 3 is 2.46 bits per heavy atom. The molecule has 0 aliphatic carbocycles. The Labute approximate surface area is 145 Å². The van der Waals surface area contributed by atoms with E-state index >= 15 is 0 Å². The molecule has 24 heavy (non-hydrogen) atoms. The first-order valence-corrected chi connectivity index (χ1v) is 7.89. The fourth-order valence-electron chi connectivity index (χ4n) is 2.38. The van der Waals surface area contributed by atoms with Gasteiger partial charge in [0.05, 0.1) is 11.7 Å². The van der Waals surface area contributed by atoms with Crippen LogP contribution in [0.25, 0.3) is 0 Å². The van der Waals surface area contributed by atoms with Gasteiger partial charge in [-0.1, -0.05) is 54.1 Å². The van der Waals surface area contributed by atoms with Crippen LogP contribution in [0.4, 0.5) is 10.5 Å². The van der Waals surface area contributed by atoms with Gasteiger partial charge in [0.25, 0.3) is 0 Å². The number of carbonyl (C=O) groups is 1. The van der Waals surface area contributed by atoms with Crippen molar-refractivity contribution in [3.8, 4) is 0 Å². The summed E-state index contributed by atoms with van der Waals surface area (Å²) >= 11 is 5.94. The monoisotopic (exact) mass is 337 g/mol. The molecule has 120 valence electrons. The Balaban J connectivity index is 1.80. The smallest absolute Gasteiger partial charge is 0.320 e. The van der Waals surface area contributed by atoms with Gasteiger partial charge in [-0.3, -0.25) is 4.98 Å². The molecule has 0 spiro atoms. The zero-order valence-electron chi connectivity index (χ0n) is 12.8. The highest BCUT2D eigenvalue weighted by Crippen LogP contribution is 2.20. The number of halogens is 1. The number of anilines is 1. The molecule has 4 nitrogen and oxygen atoms in total. The van der Waals surface area contributed by atoms with Gasteiger partial charge in [0.2, 0.25) is 0 Å². The van der Waals surface area contributed by atoms with Gasteiger partial charge in [0.1, 0.15) is 0 Å². The molecule has 5 heteroatoms. The van der Waals surface area contributed by atoms with Crippen LogP contribution in [0.3, 0.4) is 0 Å². The number of hydrogen-bond donors (Lipinski definition) is 2. The first-order valence-electron chi connectivity index (χ1n) is 7.51. The van der Waals surface area contributed by atoms with Gasteiger partial charge < -0.3 is 10.6 Å². The van der Waals surface area contributed by atoms with Crippen molar-refractivity contribution in [1.82, 2.24) is 10.3 Å². The summed E-state index contributed by atoms with van der Waals surface area (Å²) in [7, 11) is 0. The number of aromatic nitrogens is 1. The molecular formula is C19H16ClN3O. The Hall–Kier alpha value is -2.85. The van der Waals surface area contributed by atoms with E-state index in [1.54, 1.807) is 30.5 Å². The molecule has 3 rings (SSSR count). The highest BCUT2D eigenvalue weighted by Gasteiger charge is 2.17. The van der Waals surface area contributed by atoms with Gasteiger partial charge in [-0.2, -0.15) is 0 Å². The van der Waals surface area contributed by atoms with Crippen LogP contribution >= 0.6 is 11.6 Å². The van der Waals surface area contributed by atoms with Crippen LogP contribution in [0.2, 0.25) is 5.02 Å². The van der Waals surface area contributed by atoms with Gasteiger partial charge in [-0.25, -0.2) is 4.79 Å². The average molecular weight is 338 g/mol. The molecule has 0 radical (unpaired) electrons. The summed E-state index contributed by atoms with van der Waals surface area (Å²) in [4.78, 5) is 16.8. The number of carbonyl (C=O) groups excluding carboxylic acids is 1. The molecule has 2 amide bonds. The predicted molar refractivity (Wildman–Crippen MR) is 96.1 cm³/mol. The first-order chi connectivity index (χ1) is 11.7. The third-order valence-electron chi connectivity index (χ3n) is 3.47. The maximum Gasteiger partial charge on any atom is 0.320 e. The quantitative estimate of drug-likeness (QED) is 0.728. The Kier molecular flexibility index (Phi) is 5.08. The van der Waals surface area contributed by atoms with E-state index < -0.39 is 0 Å². The molecule has 0 fully saturated rings. The lowest BCUT2D eigenvalue weighted by Gasteiger charge is -2.19. The molecular weight excluding hydrogens is 322 g/mol. The van der Waals surface area contributed by atoms with Crippen LogP contribution in [-0.4, -0.2) is 11.0 Å². The summed E-state index contributed by atoms with van der Waals surface area (Å²) in [5.41, 5.74) is 2.36. The van der Waals surface area contributed by atoms with Gasteiger partial charge in [0.15, 0.2) is 0 Å². The van der Waals surface area contributed by atoms with Crippen LogP contribution in [0.15, 0.2) is 79.0 Å². The van der Waals surface area contributed by atoms with Crippen molar-refractivity contribution in [3.05, 3.63) is 95.3 Å². The standard InChI is InChI=1S/C19H16ClN3O/c20-15-9-6-10-16(13-15)22-19(24)23-18(14-7-2-1-3-8-14)17-11-4-5-12-21-17/h1-13,18H,(H2,22,23,24). The third kappa shape index (κ3) is 4.12. The molecule has 2 aromatic carbocycles. The summed E-state index contributed by atoms with van der Waals surface area (Å²) < 4.78 is 0. The summed E-state index contributed by atoms with van der Waals surface area (Å²) in [6.45, 7) is 0. The number of pyridine rings is 1. The lowest BCUT2D eigenvalue weighted by molar-refractivity contribution is 0.250. The minimum Gasteiger partial charge on any atom is -0.325 e. The fourth-order valence-corrected chi connectivity index (χ4v) is 2.58. The number of hydrogen-bond acceptors (Lipinski definition) is 2. The molecule has 0 saturated carbocycles. The summed E-state index contributed by atoms with van der Waals surface area (Å²) in [6, 6.07) is 21.7. The molecule has 0 bridgehead atoms. The maximum atomic E-state index is 12.4. The van der Waals surface area contributed by atoms with Crippen LogP contribution in [-0.2, 0) is 0 Å². The fraction of sp³-hybridized carbons (Fsp3) is 0.0526. The van der Waals surface area contributed by atoms with Crippen LogP contribution < -0.4 is 10.6 Å². The van der Waals surface area contributed by atoms with E-state index in [1.807, 2.05) is 48.5 Å². The zero-order chi connectivity index (χ0) is 16.8. The van der Waals surface area contributed by atoms with E-state index in [0.29, 0.717) is 10.7 Å². The van der Waals surface area contributed by atoms with Crippen molar-refractivity contribution < 1.29 is 4.79 Å². The number of urea groups is 1. The zero-order valence-corrected chi connectivity index (χ0v) is 13.6. The highest BCUT2D eigenvalue weighted by molar-refractivity contribution is 6.30. The van der Waals surface area contributed by atoms with E-state index in [4.69, 9.17) is 11.6 Å². The number of nitrogens with zero attached hydrogens (tertiary/aromatic N) is 1.